The number of carboxylic acids is 1. The molecule has 0 saturated carbocycles. The third-order valence-corrected chi connectivity index (χ3v) is 7.06. The molecule has 11 heteroatoms. The lowest BCUT2D eigenvalue weighted by Crippen LogP contribution is -2.41. The molecule has 2 aromatic carbocycles. The van der Waals surface area contributed by atoms with Gasteiger partial charge in [-0.05, 0) is 53.7 Å². The van der Waals surface area contributed by atoms with Crippen LogP contribution in [0.2, 0.25) is 0 Å². The topological polar surface area (TPSA) is 137 Å². The van der Waals surface area contributed by atoms with Crippen molar-refractivity contribution < 1.29 is 23.7 Å². The van der Waals surface area contributed by atoms with Crippen LogP contribution in [-0.2, 0) is 27.3 Å². The number of hydrogen-bond acceptors (Lipinski definition) is 5. The van der Waals surface area contributed by atoms with Gasteiger partial charge in [0, 0.05) is 31.1 Å². The van der Waals surface area contributed by atoms with E-state index in [1.165, 1.54) is 11.8 Å². The molecule has 9 nitrogen and oxygen atoms in total. The molecule has 188 valence electrons. The van der Waals surface area contributed by atoms with Crippen molar-refractivity contribution in [1.29, 1.82) is 0 Å². The average Bonchev–Trinajstić information content (AvgIpc) is 3.29. The number of carbonyl (C=O) groups is 3. The molecule has 1 saturated heterocycles. The molecule has 1 unspecified atom stereocenters. The molecule has 1 aliphatic heterocycles. The Kier molecular flexibility index (Phi) is 10.3. The SMILES string of the molecule is CSCC[C@H](NC(=O)c1ccc(CNS(=O)NC[C@@H]2CCC(=O)N2)cc1-c1ccccc1)C(=O)O. The molecule has 35 heavy (non-hydrogen) atoms. The van der Waals surface area contributed by atoms with Gasteiger partial charge in [0.1, 0.15) is 6.04 Å². The van der Waals surface area contributed by atoms with Gasteiger partial charge in [0.15, 0.2) is 11.2 Å². The summed E-state index contributed by atoms with van der Waals surface area (Å²) in [7, 11) is 0. The van der Waals surface area contributed by atoms with Crippen LogP contribution in [0.15, 0.2) is 48.5 Å². The Bertz CT molecular complexity index is 1070. The van der Waals surface area contributed by atoms with E-state index in [4.69, 9.17) is 0 Å². The van der Waals surface area contributed by atoms with Gasteiger partial charge in [0.05, 0.1) is 0 Å². The second-order valence-electron chi connectivity index (χ2n) is 8.13. The summed E-state index contributed by atoms with van der Waals surface area (Å²) in [5, 5.41) is 14.9. The molecule has 1 fully saturated rings. The van der Waals surface area contributed by atoms with E-state index < -0.39 is 29.1 Å². The van der Waals surface area contributed by atoms with Crippen molar-refractivity contribution >= 4 is 40.7 Å². The average molecular weight is 519 g/mol. The predicted molar refractivity (Wildman–Crippen MR) is 138 cm³/mol. The highest BCUT2D eigenvalue weighted by atomic mass is 32.2. The van der Waals surface area contributed by atoms with Gasteiger partial charge < -0.3 is 15.7 Å². The molecule has 0 spiro atoms. The molecule has 3 rings (SSSR count). The van der Waals surface area contributed by atoms with Crippen molar-refractivity contribution in [3.8, 4) is 11.1 Å². The van der Waals surface area contributed by atoms with Crippen LogP contribution in [0.1, 0.15) is 35.2 Å². The fraction of sp³-hybridized carbons (Fsp3) is 0.375. The second-order valence-corrected chi connectivity index (χ2v) is 10.2. The van der Waals surface area contributed by atoms with E-state index in [2.05, 4.69) is 20.1 Å². The number of amides is 2. The zero-order valence-electron chi connectivity index (χ0n) is 19.4. The number of benzene rings is 2. The molecule has 1 heterocycles. The summed E-state index contributed by atoms with van der Waals surface area (Å²) in [6.45, 7) is 0.685. The Morgan fingerprint density at radius 3 is 2.63 bits per heavy atom. The first kappa shape index (κ1) is 26.9. The summed E-state index contributed by atoms with van der Waals surface area (Å²) < 4.78 is 18.1. The van der Waals surface area contributed by atoms with Crippen LogP contribution in [0.25, 0.3) is 11.1 Å². The normalized spacial score (nSPS) is 16.9. The number of thioether (sulfide) groups is 1. The van der Waals surface area contributed by atoms with E-state index in [-0.39, 0.29) is 18.5 Å². The first-order valence-corrected chi connectivity index (χ1v) is 13.8. The monoisotopic (exact) mass is 518 g/mol. The minimum absolute atomic E-state index is 0.00652. The third kappa shape index (κ3) is 8.17. The number of hydrogen-bond donors (Lipinski definition) is 5. The van der Waals surface area contributed by atoms with Crippen molar-refractivity contribution in [2.24, 2.45) is 0 Å². The van der Waals surface area contributed by atoms with Gasteiger partial charge in [0.2, 0.25) is 5.91 Å². The minimum atomic E-state index is -1.51. The molecule has 0 radical (unpaired) electrons. The summed E-state index contributed by atoms with van der Waals surface area (Å²) in [6, 6.07) is 13.6. The first-order chi connectivity index (χ1) is 16.9. The summed E-state index contributed by atoms with van der Waals surface area (Å²) in [4.78, 5) is 35.9. The van der Waals surface area contributed by atoms with Crippen molar-refractivity contribution in [3.05, 3.63) is 59.7 Å². The number of nitrogens with one attached hydrogen (secondary N) is 4. The van der Waals surface area contributed by atoms with E-state index in [0.717, 1.165) is 11.1 Å². The Morgan fingerprint density at radius 1 is 1.20 bits per heavy atom. The van der Waals surface area contributed by atoms with Crippen LogP contribution in [0, 0.1) is 0 Å². The Labute approximate surface area is 211 Å². The largest absolute Gasteiger partial charge is 0.480 e. The molecule has 0 bridgehead atoms. The summed E-state index contributed by atoms with van der Waals surface area (Å²) >= 11 is 0.0132. The van der Waals surface area contributed by atoms with E-state index in [1.807, 2.05) is 42.7 Å². The third-order valence-electron chi connectivity index (χ3n) is 5.58. The van der Waals surface area contributed by atoms with Crippen molar-refractivity contribution in [2.75, 3.05) is 18.6 Å². The molecule has 0 aliphatic carbocycles. The van der Waals surface area contributed by atoms with Crippen LogP contribution in [0.5, 0.6) is 0 Å². The van der Waals surface area contributed by atoms with E-state index in [9.17, 15) is 23.7 Å². The Morgan fingerprint density at radius 2 is 1.97 bits per heavy atom. The van der Waals surface area contributed by atoms with Crippen molar-refractivity contribution in [3.63, 3.8) is 0 Å². The molecular weight excluding hydrogens is 488 g/mol. The quantitative estimate of drug-likeness (QED) is 0.274. The number of rotatable bonds is 13. The van der Waals surface area contributed by atoms with E-state index >= 15 is 0 Å². The summed E-state index contributed by atoms with van der Waals surface area (Å²) in [6.07, 6.45) is 3.41. The summed E-state index contributed by atoms with van der Waals surface area (Å²) in [5.74, 6) is -0.902. The zero-order valence-corrected chi connectivity index (χ0v) is 21.0. The molecule has 5 N–H and O–H groups in total. The first-order valence-electron chi connectivity index (χ1n) is 11.3. The van der Waals surface area contributed by atoms with Gasteiger partial charge in [-0.1, -0.05) is 36.4 Å². The van der Waals surface area contributed by atoms with Crippen LogP contribution in [-0.4, -0.2) is 57.7 Å². The second kappa shape index (κ2) is 13.4. The molecule has 2 amide bonds. The van der Waals surface area contributed by atoms with Crippen LogP contribution in [0.3, 0.4) is 0 Å². The molecule has 3 atom stereocenters. The lowest BCUT2D eigenvalue weighted by molar-refractivity contribution is -0.139. The van der Waals surface area contributed by atoms with Gasteiger partial charge in [-0.2, -0.15) is 11.8 Å². The van der Waals surface area contributed by atoms with Crippen LogP contribution < -0.4 is 20.1 Å². The standard InChI is InChI=1S/C24H30N4O5S2/c1-34-12-11-21(24(31)32)28-23(30)19-9-7-16(13-20(19)17-5-3-2-4-6-17)14-25-35(33)26-15-18-8-10-22(29)27-18/h2-7,9,13,18,21,25-26H,8,10-12,14-15H2,1H3,(H,27,29)(H,28,30)(H,31,32)/t18-,21-,35?/m0/s1. The number of aliphatic carboxylic acids is 1. The maximum atomic E-state index is 13.0. The number of carbonyl (C=O) groups excluding carboxylic acids is 2. The zero-order chi connectivity index (χ0) is 25.2. The fourth-order valence-electron chi connectivity index (χ4n) is 3.69. The van der Waals surface area contributed by atoms with E-state index in [0.29, 0.717) is 42.7 Å². The van der Waals surface area contributed by atoms with Crippen molar-refractivity contribution in [1.82, 2.24) is 20.1 Å². The van der Waals surface area contributed by atoms with Gasteiger partial charge in [0.25, 0.3) is 5.91 Å². The molecule has 2 aromatic rings. The summed E-state index contributed by atoms with van der Waals surface area (Å²) in [5.41, 5.74) is 2.64. The van der Waals surface area contributed by atoms with Crippen LogP contribution >= 0.6 is 11.8 Å². The van der Waals surface area contributed by atoms with Gasteiger partial charge in [-0.15, -0.1) is 0 Å². The van der Waals surface area contributed by atoms with Gasteiger partial charge in [-0.25, -0.2) is 18.4 Å². The highest BCUT2D eigenvalue weighted by Crippen LogP contribution is 2.25. The molecule has 1 aliphatic rings. The maximum absolute atomic E-state index is 13.0. The lowest BCUT2D eigenvalue weighted by Gasteiger charge is -2.17. The Hall–Kier alpha value is -2.73. The smallest absolute Gasteiger partial charge is 0.326 e. The highest BCUT2D eigenvalue weighted by Gasteiger charge is 2.23. The van der Waals surface area contributed by atoms with Crippen molar-refractivity contribution in [2.45, 2.75) is 37.9 Å². The van der Waals surface area contributed by atoms with Crippen LogP contribution in [0.4, 0.5) is 0 Å². The molecular formula is C24H30N4O5S2. The highest BCUT2D eigenvalue weighted by molar-refractivity contribution is 7.98. The Balaban J connectivity index is 1.70. The maximum Gasteiger partial charge on any atom is 0.326 e. The predicted octanol–water partition coefficient (Wildman–Crippen LogP) is 1.83. The van der Waals surface area contributed by atoms with Gasteiger partial charge in [-0.3, -0.25) is 9.59 Å². The van der Waals surface area contributed by atoms with E-state index in [1.54, 1.807) is 12.1 Å². The minimum Gasteiger partial charge on any atom is -0.480 e. The fourth-order valence-corrected chi connectivity index (χ4v) is 4.92. The van der Waals surface area contributed by atoms with Gasteiger partial charge >= 0.3 is 5.97 Å². The number of carboxylic acid groups (broad SMARTS) is 1. The lowest BCUT2D eigenvalue weighted by atomic mass is 9.96. The molecule has 0 aromatic heterocycles.